The van der Waals surface area contributed by atoms with Crippen molar-refractivity contribution in [2.24, 2.45) is 11.7 Å². The lowest BCUT2D eigenvalue weighted by atomic mass is 9.93. The molecule has 0 aromatic heterocycles. The van der Waals surface area contributed by atoms with Crippen LogP contribution in [0.15, 0.2) is 24.3 Å². The standard InChI is InChI=1S/C16H22N2O3/c1-20-15(19)16(17,12-7-8-12)11-18-9-4-10-21-14-6-3-2-5-13(14)18/h2-3,5-6,12H,4,7-11,17H2,1H3. The number of nitrogens with two attached hydrogens (primary N) is 1. The van der Waals surface area contributed by atoms with Gasteiger partial charge < -0.3 is 20.1 Å². The Labute approximate surface area is 125 Å². The summed E-state index contributed by atoms with van der Waals surface area (Å²) in [6, 6.07) is 7.92. The van der Waals surface area contributed by atoms with Gasteiger partial charge in [-0.25, -0.2) is 4.79 Å². The Hall–Kier alpha value is -1.75. The summed E-state index contributed by atoms with van der Waals surface area (Å²) in [6.45, 7) is 2.00. The van der Waals surface area contributed by atoms with Crippen LogP contribution in [0.2, 0.25) is 0 Å². The van der Waals surface area contributed by atoms with Crippen molar-refractivity contribution in [3.05, 3.63) is 24.3 Å². The number of para-hydroxylation sites is 2. The fraction of sp³-hybridized carbons (Fsp3) is 0.562. The third-order valence-corrected chi connectivity index (χ3v) is 4.36. The molecule has 3 rings (SSSR count). The van der Waals surface area contributed by atoms with Crippen LogP contribution >= 0.6 is 0 Å². The van der Waals surface area contributed by atoms with Gasteiger partial charge in [-0.15, -0.1) is 0 Å². The van der Waals surface area contributed by atoms with Crippen LogP contribution in [0, 0.1) is 5.92 Å². The molecule has 1 aromatic carbocycles. The molecular weight excluding hydrogens is 268 g/mol. The Morgan fingerprint density at radius 3 is 2.95 bits per heavy atom. The quantitative estimate of drug-likeness (QED) is 0.852. The number of carbonyl (C=O) groups excluding carboxylic acids is 1. The molecule has 0 saturated heterocycles. The first-order valence-corrected chi connectivity index (χ1v) is 7.49. The van der Waals surface area contributed by atoms with Crippen molar-refractivity contribution in [3.8, 4) is 5.75 Å². The second kappa shape index (κ2) is 5.56. The van der Waals surface area contributed by atoms with Gasteiger partial charge in [0.05, 0.1) is 19.4 Å². The minimum atomic E-state index is -0.924. The monoisotopic (exact) mass is 290 g/mol. The predicted octanol–water partition coefficient (Wildman–Crippen LogP) is 1.56. The van der Waals surface area contributed by atoms with Crippen LogP contribution in [0.1, 0.15) is 19.3 Å². The summed E-state index contributed by atoms with van der Waals surface area (Å²) in [4.78, 5) is 14.3. The maximum atomic E-state index is 12.2. The van der Waals surface area contributed by atoms with Gasteiger partial charge in [-0.05, 0) is 37.3 Å². The highest BCUT2D eigenvalue weighted by atomic mass is 16.5. The van der Waals surface area contributed by atoms with E-state index in [1.807, 2.05) is 24.3 Å². The normalized spacial score (nSPS) is 20.8. The SMILES string of the molecule is COC(=O)C(N)(CN1CCCOc2ccccc21)C1CC1. The van der Waals surface area contributed by atoms with E-state index in [1.165, 1.54) is 7.11 Å². The lowest BCUT2D eigenvalue weighted by Gasteiger charge is -2.34. The zero-order valence-corrected chi connectivity index (χ0v) is 12.4. The highest BCUT2D eigenvalue weighted by molar-refractivity contribution is 5.82. The number of benzene rings is 1. The third-order valence-electron chi connectivity index (χ3n) is 4.36. The van der Waals surface area contributed by atoms with Crippen molar-refractivity contribution in [2.75, 3.05) is 31.7 Å². The number of hydrogen-bond donors (Lipinski definition) is 1. The Balaban J connectivity index is 1.87. The number of nitrogens with zero attached hydrogens (tertiary/aromatic N) is 1. The fourth-order valence-corrected chi connectivity index (χ4v) is 3.03. The van der Waals surface area contributed by atoms with E-state index < -0.39 is 5.54 Å². The number of fused-ring (bicyclic) bond motifs is 1. The van der Waals surface area contributed by atoms with Crippen molar-refractivity contribution in [1.82, 2.24) is 0 Å². The van der Waals surface area contributed by atoms with Crippen molar-refractivity contribution in [3.63, 3.8) is 0 Å². The summed E-state index contributed by atoms with van der Waals surface area (Å²) in [5.41, 5.74) is 6.52. The van der Waals surface area contributed by atoms with Gasteiger partial charge in [0.15, 0.2) is 0 Å². The molecule has 114 valence electrons. The second-order valence-electron chi connectivity index (χ2n) is 5.90. The van der Waals surface area contributed by atoms with Crippen molar-refractivity contribution >= 4 is 11.7 Å². The molecule has 1 aliphatic heterocycles. The summed E-state index contributed by atoms with van der Waals surface area (Å²) < 4.78 is 10.7. The zero-order valence-electron chi connectivity index (χ0n) is 12.4. The third kappa shape index (κ3) is 2.70. The van der Waals surface area contributed by atoms with E-state index in [1.54, 1.807) is 0 Å². The average molecular weight is 290 g/mol. The number of ether oxygens (including phenoxy) is 2. The van der Waals surface area contributed by atoms with Gasteiger partial charge >= 0.3 is 5.97 Å². The van der Waals surface area contributed by atoms with Gasteiger partial charge in [-0.1, -0.05) is 12.1 Å². The molecule has 2 aliphatic rings. The van der Waals surface area contributed by atoms with Crippen LogP contribution in [0.3, 0.4) is 0 Å². The Kier molecular flexibility index (Phi) is 3.76. The average Bonchev–Trinajstić information content (AvgIpc) is 3.34. The summed E-state index contributed by atoms with van der Waals surface area (Å²) in [5, 5.41) is 0. The Morgan fingerprint density at radius 2 is 2.24 bits per heavy atom. The van der Waals surface area contributed by atoms with Crippen molar-refractivity contribution in [1.29, 1.82) is 0 Å². The van der Waals surface area contributed by atoms with Crippen molar-refractivity contribution in [2.45, 2.75) is 24.8 Å². The number of carbonyl (C=O) groups is 1. The second-order valence-corrected chi connectivity index (χ2v) is 5.90. The van der Waals surface area contributed by atoms with Crippen LogP contribution < -0.4 is 15.4 Å². The molecule has 1 atom stereocenters. The number of hydrogen-bond acceptors (Lipinski definition) is 5. The molecule has 0 amide bonds. The summed E-state index contributed by atoms with van der Waals surface area (Å²) >= 11 is 0. The van der Waals surface area contributed by atoms with Gasteiger partial charge in [-0.3, -0.25) is 0 Å². The molecule has 1 unspecified atom stereocenters. The molecule has 0 spiro atoms. The molecule has 5 nitrogen and oxygen atoms in total. The molecule has 1 saturated carbocycles. The summed E-state index contributed by atoms with van der Waals surface area (Å²) in [6.07, 6.45) is 2.91. The summed E-state index contributed by atoms with van der Waals surface area (Å²) in [5.74, 6) is 0.770. The molecule has 2 N–H and O–H groups in total. The molecule has 1 heterocycles. The van der Waals surface area contributed by atoms with Crippen LogP contribution in [0.5, 0.6) is 5.75 Å². The first kappa shape index (κ1) is 14.2. The highest BCUT2D eigenvalue weighted by Gasteiger charge is 2.50. The topological polar surface area (TPSA) is 64.8 Å². The number of anilines is 1. The summed E-state index contributed by atoms with van der Waals surface area (Å²) in [7, 11) is 1.41. The Bertz CT molecular complexity index is 530. The van der Waals surface area contributed by atoms with E-state index in [4.69, 9.17) is 15.2 Å². The van der Waals surface area contributed by atoms with Crippen LogP contribution in [-0.4, -0.2) is 38.3 Å². The van der Waals surface area contributed by atoms with E-state index in [9.17, 15) is 4.79 Å². The van der Waals surface area contributed by atoms with Crippen LogP contribution in [0.4, 0.5) is 5.69 Å². The van der Waals surface area contributed by atoms with E-state index in [2.05, 4.69) is 4.90 Å². The van der Waals surface area contributed by atoms with Crippen LogP contribution in [0.25, 0.3) is 0 Å². The maximum Gasteiger partial charge on any atom is 0.327 e. The highest BCUT2D eigenvalue weighted by Crippen LogP contribution is 2.41. The molecule has 5 heteroatoms. The van der Waals surface area contributed by atoms with E-state index >= 15 is 0 Å². The first-order chi connectivity index (χ1) is 10.1. The van der Waals surface area contributed by atoms with Gasteiger partial charge in [0, 0.05) is 13.1 Å². The van der Waals surface area contributed by atoms with Gasteiger partial charge in [-0.2, -0.15) is 0 Å². The van der Waals surface area contributed by atoms with Gasteiger partial charge in [0.2, 0.25) is 0 Å². The number of esters is 1. The minimum absolute atomic E-state index is 0.223. The predicted molar refractivity (Wildman–Crippen MR) is 80.4 cm³/mol. The maximum absolute atomic E-state index is 12.2. The van der Waals surface area contributed by atoms with Crippen molar-refractivity contribution < 1.29 is 14.3 Å². The molecular formula is C16H22N2O3. The zero-order chi connectivity index (χ0) is 14.9. The molecule has 21 heavy (non-hydrogen) atoms. The van der Waals surface area contributed by atoms with Gasteiger partial charge in [0.25, 0.3) is 0 Å². The first-order valence-electron chi connectivity index (χ1n) is 7.49. The minimum Gasteiger partial charge on any atom is -0.491 e. The number of rotatable bonds is 4. The van der Waals surface area contributed by atoms with E-state index in [0.717, 1.165) is 37.2 Å². The smallest absolute Gasteiger partial charge is 0.327 e. The number of methoxy groups -OCH3 is 1. The molecule has 0 bridgehead atoms. The lowest BCUT2D eigenvalue weighted by Crippen LogP contribution is -2.58. The Morgan fingerprint density at radius 1 is 1.48 bits per heavy atom. The lowest BCUT2D eigenvalue weighted by molar-refractivity contribution is -0.147. The molecule has 1 aromatic rings. The van der Waals surface area contributed by atoms with Crippen LogP contribution in [-0.2, 0) is 9.53 Å². The molecule has 1 fully saturated rings. The molecule has 1 aliphatic carbocycles. The fourth-order valence-electron chi connectivity index (χ4n) is 3.03. The molecule has 0 radical (unpaired) electrons. The van der Waals surface area contributed by atoms with E-state index in [0.29, 0.717) is 13.2 Å². The van der Waals surface area contributed by atoms with Gasteiger partial charge in [0.1, 0.15) is 11.3 Å². The van der Waals surface area contributed by atoms with E-state index in [-0.39, 0.29) is 11.9 Å². The largest absolute Gasteiger partial charge is 0.491 e.